The van der Waals surface area contributed by atoms with Crippen LogP contribution in [0.25, 0.3) is 0 Å². The molecule has 0 aromatic carbocycles. The Morgan fingerprint density at radius 2 is 2.17 bits per heavy atom. The Kier molecular flexibility index (Phi) is 3.19. The van der Waals surface area contributed by atoms with Gasteiger partial charge in [0.15, 0.2) is 0 Å². The molecule has 0 amide bonds. The van der Waals surface area contributed by atoms with Crippen molar-refractivity contribution in [2.45, 2.75) is 26.5 Å². The van der Waals surface area contributed by atoms with Crippen LogP contribution in [-0.4, -0.2) is 31.8 Å². The van der Waals surface area contributed by atoms with E-state index in [0.29, 0.717) is 12.2 Å². The lowest BCUT2D eigenvalue weighted by Crippen LogP contribution is -2.08. The third-order valence-electron chi connectivity index (χ3n) is 1.71. The first-order valence-corrected chi connectivity index (χ1v) is 3.96. The summed E-state index contributed by atoms with van der Waals surface area (Å²) in [5.41, 5.74) is 1.50. The van der Waals surface area contributed by atoms with Crippen LogP contribution in [0.5, 0.6) is 0 Å². The first-order valence-electron chi connectivity index (χ1n) is 3.96. The lowest BCUT2D eigenvalue weighted by atomic mass is 10.2. The van der Waals surface area contributed by atoms with E-state index >= 15 is 0 Å². The van der Waals surface area contributed by atoms with Gasteiger partial charge in [-0.2, -0.15) is 0 Å². The average molecular weight is 171 g/mol. The monoisotopic (exact) mass is 171 g/mol. The second kappa shape index (κ2) is 4.18. The molecule has 1 heterocycles. The van der Waals surface area contributed by atoms with E-state index < -0.39 is 0 Å². The molecule has 68 valence electrons. The maximum Gasteiger partial charge on any atom is 0.111 e. The topological polar surface area (TPSA) is 71.2 Å². The van der Waals surface area contributed by atoms with E-state index in [-0.39, 0.29) is 13.2 Å². The summed E-state index contributed by atoms with van der Waals surface area (Å²) in [6.45, 7) is 2.36. The number of hydrogen-bond acceptors (Lipinski definition) is 4. The van der Waals surface area contributed by atoms with Gasteiger partial charge in [0.2, 0.25) is 0 Å². The van der Waals surface area contributed by atoms with Crippen LogP contribution in [0.1, 0.15) is 18.3 Å². The van der Waals surface area contributed by atoms with E-state index in [0.717, 1.165) is 12.1 Å². The fourth-order valence-corrected chi connectivity index (χ4v) is 1.15. The molecular formula is C7H13N3O2. The van der Waals surface area contributed by atoms with Gasteiger partial charge in [-0.25, -0.2) is 4.68 Å². The number of aliphatic hydroxyl groups excluding tert-OH is 2. The summed E-state index contributed by atoms with van der Waals surface area (Å²) in [6.07, 6.45) is 0.767. The van der Waals surface area contributed by atoms with Crippen molar-refractivity contribution in [3.05, 3.63) is 11.4 Å². The Balaban J connectivity index is 2.88. The zero-order valence-corrected chi connectivity index (χ0v) is 7.06. The van der Waals surface area contributed by atoms with Crippen molar-refractivity contribution in [1.29, 1.82) is 0 Å². The van der Waals surface area contributed by atoms with Crippen LogP contribution < -0.4 is 0 Å². The summed E-state index contributed by atoms with van der Waals surface area (Å²) >= 11 is 0. The standard InChI is InChI=1S/C7H13N3O2/c1-2-7-6(5-12)8-9-10(7)3-4-11/h11-12H,2-5H2,1H3. The molecule has 0 atom stereocenters. The van der Waals surface area contributed by atoms with Crippen molar-refractivity contribution in [3.8, 4) is 0 Å². The molecule has 5 nitrogen and oxygen atoms in total. The SMILES string of the molecule is CCc1c(CO)nnn1CCO. The molecule has 0 aliphatic heterocycles. The fourth-order valence-electron chi connectivity index (χ4n) is 1.15. The lowest BCUT2D eigenvalue weighted by molar-refractivity contribution is 0.265. The molecule has 12 heavy (non-hydrogen) atoms. The van der Waals surface area contributed by atoms with Gasteiger partial charge < -0.3 is 10.2 Å². The van der Waals surface area contributed by atoms with Gasteiger partial charge in [0.25, 0.3) is 0 Å². The molecule has 0 aliphatic carbocycles. The van der Waals surface area contributed by atoms with Crippen LogP contribution in [0.4, 0.5) is 0 Å². The highest BCUT2D eigenvalue weighted by Gasteiger charge is 2.08. The van der Waals surface area contributed by atoms with Crippen molar-refractivity contribution < 1.29 is 10.2 Å². The lowest BCUT2D eigenvalue weighted by Gasteiger charge is -2.01. The van der Waals surface area contributed by atoms with Crippen LogP contribution in [0, 0.1) is 0 Å². The van der Waals surface area contributed by atoms with Crippen LogP contribution in [0.3, 0.4) is 0 Å². The molecule has 2 N–H and O–H groups in total. The van der Waals surface area contributed by atoms with Gasteiger partial charge in [-0.3, -0.25) is 0 Å². The van der Waals surface area contributed by atoms with Gasteiger partial charge in [-0.15, -0.1) is 5.10 Å². The second-order valence-electron chi connectivity index (χ2n) is 2.44. The quantitative estimate of drug-likeness (QED) is 0.630. The zero-order valence-electron chi connectivity index (χ0n) is 7.06. The molecule has 1 rings (SSSR count). The highest BCUT2D eigenvalue weighted by Crippen LogP contribution is 2.05. The normalized spacial score (nSPS) is 10.6. The summed E-state index contributed by atoms with van der Waals surface area (Å²) < 4.78 is 1.62. The van der Waals surface area contributed by atoms with Crippen LogP contribution >= 0.6 is 0 Å². The molecule has 0 unspecified atom stereocenters. The average Bonchev–Trinajstić information content (AvgIpc) is 2.47. The maximum atomic E-state index is 8.85. The summed E-state index contributed by atoms with van der Waals surface area (Å²) in [7, 11) is 0. The predicted molar refractivity (Wildman–Crippen MR) is 42.4 cm³/mol. The number of aliphatic hydroxyl groups is 2. The van der Waals surface area contributed by atoms with Gasteiger partial charge >= 0.3 is 0 Å². The van der Waals surface area contributed by atoms with E-state index in [1.807, 2.05) is 6.92 Å². The smallest absolute Gasteiger partial charge is 0.111 e. The Morgan fingerprint density at radius 3 is 2.67 bits per heavy atom. The first-order chi connectivity index (χ1) is 5.83. The van der Waals surface area contributed by atoms with Crippen molar-refractivity contribution in [2.24, 2.45) is 0 Å². The zero-order chi connectivity index (χ0) is 8.97. The Bertz CT molecular complexity index is 247. The summed E-state index contributed by atoms with van der Waals surface area (Å²) in [6, 6.07) is 0. The molecule has 5 heteroatoms. The van der Waals surface area contributed by atoms with Crippen LogP contribution in [0.15, 0.2) is 0 Å². The molecular weight excluding hydrogens is 158 g/mol. The summed E-state index contributed by atoms with van der Waals surface area (Å²) in [5.74, 6) is 0. The highest BCUT2D eigenvalue weighted by molar-refractivity contribution is 5.08. The first kappa shape index (κ1) is 9.15. The summed E-state index contributed by atoms with van der Waals surface area (Å²) in [4.78, 5) is 0. The maximum absolute atomic E-state index is 8.85. The van der Waals surface area contributed by atoms with E-state index in [9.17, 15) is 0 Å². The molecule has 0 aliphatic rings. The van der Waals surface area contributed by atoms with Gasteiger partial charge in [0, 0.05) is 0 Å². The molecule has 0 radical (unpaired) electrons. The molecule has 1 aromatic rings. The third kappa shape index (κ3) is 1.62. The second-order valence-corrected chi connectivity index (χ2v) is 2.44. The number of rotatable bonds is 4. The van der Waals surface area contributed by atoms with E-state index in [2.05, 4.69) is 10.3 Å². The molecule has 0 spiro atoms. The predicted octanol–water partition coefficient (Wildman–Crippen LogP) is -0.675. The summed E-state index contributed by atoms with van der Waals surface area (Å²) in [5, 5.41) is 25.1. The Hall–Kier alpha value is -0.940. The van der Waals surface area contributed by atoms with Gasteiger partial charge in [0.1, 0.15) is 5.69 Å². The Labute approximate surface area is 70.6 Å². The highest BCUT2D eigenvalue weighted by atomic mass is 16.3. The van der Waals surface area contributed by atoms with Crippen molar-refractivity contribution in [2.75, 3.05) is 6.61 Å². The van der Waals surface area contributed by atoms with Gasteiger partial charge in [0.05, 0.1) is 25.5 Å². The molecule has 0 saturated carbocycles. The minimum atomic E-state index is -0.0887. The van der Waals surface area contributed by atoms with Crippen LogP contribution in [0.2, 0.25) is 0 Å². The van der Waals surface area contributed by atoms with E-state index in [1.54, 1.807) is 4.68 Å². The molecule has 1 aromatic heterocycles. The van der Waals surface area contributed by atoms with Gasteiger partial charge in [-0.05, 0) is 6.42 Å². The number of aromatic nitrogens is 3. The van der Waals surface area contributed by atoms with E-state index in [1.165, 1.54) is 0 Å². The minimum absolute atomic E-state index is 0.0429. The van der Waals surface area contributed by atoms with Crippen molar-refractivity contribution in [1.82, 2.24) is 15.0 Å². The van der Waals surface area contributed by atoms with Gasteiger partial charge in [-0.1, -0.05) is 12.1 Å². The van der Waals surface area contributed by atoms with Crippen LogP contribution in [-0.2, 0) is 19.6 Å². The number of hydrogen-bond donors (Lipinski definition) is 2. The van der Waals surface area contributed by atoms with Crippen molar-refractivity contribution in [3.63, 3.8) is 0 Å². The molecule has 0 bridgehead atoms. The molecule has 0 saturated heterocycles. The fraction of sp³-hybridized carbons (Fsp3) is 0.714. The number of nitrogens with zero attached hydrogens (tertiary/aromatic N) is 3. The largest absolute Gasteiger partial charge is 0.394 e. The van der Waals surface area contributed by atoms with Crippen molar-refractivity contribution >= 4 is 0 Å². The molecule has 0 fully saturated rings. The third-order valence-corrected chi connectivity index (χ3v) is 1.71. The minimum Gasteiger partial charge on any atom is -0.394 e. The van der Waals surface area contributed by atoms with E-state index in [4.69, 9.17) is 10.2 Å². The Morgan fingerprint density at radius 1 is 1.42 bits per heavy atom.